The predicted molar refractivity (Wildman–Crippen MR) is 101 cm³/mol. The topological polar surface area (TPSA) is 29.1 Å². The highest BCUT2D eigenvalue weighted by molar-refractivity contribution is 6.01. The molecule has 2 nitrogen and oxygen atoms in total. The van der Waals surface area contributed by atoms with E-state index in [1.165, 1.54) is 30.4 Å². The maximum Gasteiger partial charge on any atom is 0.163 e. The molecule has 1 aromatic carbocycles. The van der Waals surface area contributed by atoms with Crippen molar-refractivity contribution in [1.29, 1.82) is 0 Å². The van der Waals surface area contributed by atoms with Crippen LogP contribution in [0.15, 0.2) is 30.3 Å². The number of rotatable bonds is 2. The van der Waals surface area contributed by atoms with Gasteiger partial charge in [-0.05, 0) is 82.1 Å². The standard InChI is InChI=1S/C23H29NO/c1-22(2)14-18-5-3-4-6-19(18)20(24-22)10-21(25)23-11-15-7-16(12-23)9-17(8-15)13-23/h3-6,10,15-17,24H,7-9,11-14H2,1-2H3/b20-10+. The molecule has 1 N–H and O–H groups in total. The number of carbonyl (C=O) groups is 1. The largest absolute Gasteiger partial charge is 0.379 e. The summed E-state index contributed by atoms with van der Waals surface area (Å²) >= 11 is 0. The molecule has 0 spiro atoms. The van der Waals surface area contributed by atoms with Crippen molar-refractivity contribution >= 4 is 11.5 Å². The van der Waals surface area contributed by atoms with Gasteiger partial charge in [-0.3, -0.25) is 4.79 Å². The zero-order valence-electron chi connectivity index (χ0n) is 15.5. The summed E-state index contributed by atoms with van der Waals surface area (Å²) in [4.78, 5) is 13.5. The molecule has 0 radical (unpaired) electrons. The number of carbonyl (C=O) groups excluding carboxylic acids is 1. The molecule has 4 fully saturated rings. The van der Waals surface area contributed by atoms with Gasteiger partial charge in [-0.1, -0.05) is 24.3 Å². The van der Waals surface area contributed by atoms with Crippen molar-refractivity contribution in [3.8, 4) is 0 Å². The van der Waals surface area contributed by atoms with Gasteiger partial charge >= 0.3 is 0 Å². The maximum absolute atomic E-state index is 13.5. The van der Waals surface area contributed by atoms with Crippen molar-refractivity contribution < 1.29 is 4.79 Å². The van der Waals surface area contributed by atoms with Crippen molar-refractivity contribution in [3.63, 3.8) is 0 Å². The van der Waals surface area contributed by atoms with Gasteiger partial charge in [0.25, 0.3) is 0 Å². The number of hydrogen-bond acceptors (Lipinski definition) is 2. The lowest BCUT2D eigenvalue weighted by molar-refractivity contribution is -0.138. The third kappa shape index (κ3) is 2.56. The van der Waals surface area contributed by atoms with Crippen molar-refractivity contribution in [1.82, 2.24) is 5.32 Å². The monoisotopic (exact) mass is 335 g/mol. The summed E-state index contributed by atoms with van der Waals surface area (Å²) in [5.41, 5.74) is 3.59. The SMILES string of the molecule is CC1(C)Cc2ccccc2/C(=C\C(=O)C23CC4CC(CC(C4)C2)C3)N1. The van der Waals surface area contributed by atoms with E-state index in [-0.39, 0.29) is 11.0 Å². The van der Waals surface area contributed by atoms with Crippen LogP contribution in [0, 0.1) is 23.2 Å². The molecule has 4 aliphatic carbocycles. The van der Waals surface area contributed by atoms with Crippen LogP contribution < -0.4 is 5.32 Å². The Kier molecular flexibility index (Phi) is 3.27. The van der Waals surface area contributed by atoms with Crippen LogP contribution in [0.4, 0.5) is 0 Å². The minimum absolute atomic E-state index is 0.00192. The van der Waals surface area contributed by atoms with Crippen LogP contribution in [0.1, 0.15) is 63.5 Å². The van der Waals surface area contributed by atoms with Crippen LogP contribution in [0.3, 0.4) is 0 Å². The summed E-state index contributed by atoms with van der Waals surface area (Å²) in [6.07, 6.45) is 10.6. The van der Waals surface area contributed by atoms with E-state index in [1.54, 1.807) is 0 Å². The van der Waals surface area contributed by atoms with Crippen LogP contribution >= 0.6 is 0 Å². The smallest absolute Gasteiger partial charge is 0.163 e. The van der Waals surface area contributed by atoms with E-state index in [1.807, 2.05) is 6.08 Å². The van der Waals surface area contributed by atoms with Gasteiger partial charge in [-0.15, -0.1) is 0 Å². The Morgan fingerprint density at radius 1 is 1.04 bits per heavy atom. The van der Waals surface area contributed by atoms with Crippen molar-refractivity contribution in [2.24, 2.45) is 23.2 Å². The Morgan fingerprint density at radius 3 is 2.28 bits per heavy atom. The molecule has 4 bridgehead atoms. The van der Waals surface area contributed by atoms with E-state index in [4.69, 9.17) is 0 Å². The average Bonchev–Trinajstić information content (AvgIpc) is 2.52. The summed E-state index contributed by atoms with van der Waals surface area (Å²) in [6, 6.07) is 8.57. The summed E-state index contributed by atoms with van der Waals surface area (Å²) in [7, 11) is 0. The fourth-order valence-electron chi connectivity index (χ4n) is 6.70. The molecule has 1 heterocycles. The highest BCUT2D eigenvalue weighted by atomic mass is 16.1. The predicted octanol–water partition coefficient (Wildman–Crippen LogP) is 4.74. The third-order valence-electron chi connectivity index (χ3n) is 7.25. The number of fused-ring (bicyclic) bond motifs is 1. The molecule has 25 heavy (non-hydrogen) atoms. The molecule has 4 saturated carbocycles. The molecule has 1 aromatic rings. The van der Waals surface area contributed by atoms with Crippen LogP contribution in [0.5, 0.6) is 0 Å². The second-order valence-corrected chi connectivity index (χ2v) is 9.96. The molecular formula is C23H29NO. The summed E-state index contributed by atoms with van der Waals surface area (Å²) in [5.74, 6) is 2.85. The first kappa shape index (κ1) is 15.7. The van der Waals surface area contributed by atoms with Gasteiger partial charge in [0.15, 0.2) is 5.78 Å². The fourth-order valence-corrected chi connectivity index (χ4v) is 6.70. The Morgan fingerprint density at radius 2 is 1.64 bits per heavy atom. The van der Waals surface area contributed by atoms with E-state index in [2.05, 4.69) is 43.4 Å². The quantitative estimate of drug-likeness (QED) is 0.791. The minimum atomic E-state index is -0.0417. The fraction of sp³-hybridized carbons (Fsp3) is 0.609. The molecule has 2 heteroatoms. The number of ketones is 1. The van der Waals surface area contributed by atoms with Crippen molar-refractivity contribution in [2.75, 3.05) is 0 Å². The van der Waals surface area contributed by atoms with Gasteiger partial charge in [-0.25, -0.2) is 0 Å². The second-order valence-electron chi connectivity index (χ2n) is 9.96. The van der Waals surface area contributed by atoms with Crippen molar-refractivity contribution in [3.05, 3.63) is 41.5 Å². The van der Waals surface area contributed by atoms with Crippen LogP contribution in [-0.2, 0) is 11.2 Å². The maximum atomic E-state index is 13.5. The van der Waals surface area contributed by atoms with Crippen LogP contribution in [0.25, 0.3) is 5.70 Å². The van der Waals surface area contributed by atoms with E-state index in [9.17, 15) is 4.79 Å². The lowest BCUT2D eigenvalue weighted by Gasteiger charge is -2.55. The van der Waals surface area contributed by atoms with Gasteiger partial charge in [0.2, 0.25) is 0 Å². The summed E-state index contributed by atoms with van der Waals surface area (Å²) in [6.45, 7) is 4.46. The van der Waals surface area contributed by atoms with Gasteiger partial charge in [0.05, 0.1) is 0 Å². The average molecular weight is 335 g/mol. The second kappa shape index (κ2) is 5.22. The molecule has 0 aromatic heterocycles. The zero-order valence-corrected chi connectivity index (χ0v) is 15.5. The normalized spacial score (nSPS) is 39.1. The summed E-state index contributed by atoms with van der Waals surface area (Å²) in [5, 5.41) is 3.65. The first-order chi connectivity index (χ1) is 11.9. The first-order valence-corrected chi connectivity index (χ1v) is 10.1. The Balaban J connectivity index is 1.51. The minimum Gasteiger partial charge on any atom is -0.379 e. The van der Waals surface area contributed by atoms with E-state index in [0.29, 0.717) is 5.78 Å². The van der Waals surface area contributed by atoms with E-state index in [0.717, 1.165) is 49.1 Å². The molecule has 1 aliphatic heterocycles. The molecule has 0 saturated heterocycles. The molecule has 6 rings (SSSR count). The molecule has 5 aliphatic rings. The van der Waals surface area contributed by atoms with Gasteiger partial charge in [0.1, 0.15) is 0 Å². The lowest BCUT2D eigenvalue weighted by Crippen LogP contribution is -2.50. The van der Waals surface area contributed by atoms with Gasteiger partial charge in [-0.2, -0.15) is 0 Å². The van der Waals surface area contributed by atoms with Crippen LogP contribution in [-0.4, -0.2) is 11.3 Å². The lowest BCUT2D eigenvalue weighted by atomic mass is 9.48. The zero-order chi connectivity index (χ0) is 17.2. The van der Waals surface area contributed by atoms with Gasteiger partial charge < -0.3 is 5.32 Å². The van der Waals surface area contributed by atoms with E-state index >= 15 is 0 Å². The van der Waals surface area contributed by atoms with Crippen LogP contribution in [0.2, 0.25) is 0 Å². The molecule has 0 unspecified atom stereocenters. The number of hydrogen-bond donors (Lipinski definition) is 1. The molecular weight excluding hydrogens is 306 g/mol. The number of nitrogens with one attached hydrogen (secondary N) is 1. The Hall–Kier alpha value is -1.57. The number of allylic oxidation sites excluding steroid dienone is 1. The van der Waals surface area contributed by atoms with Gasteiger partial charge in [0, 0.05) is 28.3 Å². The summed E-state index contributed by atoms with van der Waals surface area (Å²) < 4.78 is 0. The molecule has 132 valence electrons. The Labute approximate surface area is 151 Å². The number of benzene rings is 1. The first-order valence-electron chi connectivity index (χ1n) is 10.1. The van der Waals surface area contributed by atoms with Crippen molar-refractivity contribution in [2.45, 2.75) is 64.3 Å². The highest BCUT2D eigenvalue weighted by Crippen LogP contribution is 2.60. The third-order valence-corrected chi connectivity index (χ3v) is 7.25. The Bertz CT molecular complexity index is 722. The van der Waals surface area contributed by atoms with E-state index < -0.39 is 0 Å². The molecule has 0 atom stereocenters. The highest BCUT2D eigenvalue weighted by Gasteiger charge is 2.53. The molecule has 0 amide bonds.